The summed E-state index contributed by atoms with van der Waals surface area (Å²) in [6.45, 7) is 0. The maximum Gasteiger partial charge on any atom is 0.374 e. The van der Waals surface area contributed by atoms with Crippen LogP contribution in [0.25, 0.3) is 10.6 Å². The van der Waals surface area contributed by atoms with Gasteiger partial charge < -0.3 is 9.63 Å². The van der Waals surface area contributed by atoms with Crippen LogP contribution in [0.3, 0.4) is 0 Å². The average molecular weight is 230 g/mol. The van der Waals surface area contributed by atoms with E-state index in [-0.39, 0.29) is 5.76 Å². The van der Waals surface area contributed by atoms with E-state index in [1.807, 2.05) is 0 Å². The Morgan fingerprint density at radius 3 is 2.86 bits per heavy atom. The molecule has 2 heterocycles. The zero-order valence-electron chi connectivity index (χ0n) is 6.73. The highest BCUT2D eigenvalue weighted by atomic mass is 35.5. The molecule has 4 nitrogen and oxygen atoms in total. The van der Waals surface area contributed by atoms with Gasteiger partial charge in [-0.05, 0) is 6.07 Å². The molecule has 0 saturated heterocycles. The molecule has 2 aromatic rings. The summed E-state index contributed by atoms with van der Waals surface area (Å²) in [5.41, 5.74) is 0.485. The Kier molecular flexibility index (Phi) is 2.26. The molecule has 14 heavy (non-hydrogen) atoms. The van der Waals surface area contributed by atoms with E-state index in [2.05, 4.69) is 9.68 Å². The number of carbonyl (C=O) groups is 1. The van der Waals surface area contributed by atoms with Gasteiger partial charge in [0.1, 0.15) is 5.69 Å². The van der Waals surface area contributed by atoms with Gasteiger partial charge in [-0.25, -0.2) is 4.79 Å². The molecule has 0 fully saturated rings. The van der Waals surface area contributed by atoms with Crippen molar-refractivity contribution in [2.45, 2.75) is 0 Å². The minimum absolute atomic E-state index is 0.176. The lowest BCUT2D eigenvalue weighted by atomic mass is 10.3. The predicted molar refractivity (Wildman–Crippen MR) is 51.8 cm³/mol. The summed E-state index contributed by atoms with van der Waals surface area (Å²) in [5, 5.41) is 14.6. The fourth-order valence-corrected chi connectivity index (χ4v) is 1.97. The smallest absolute Gasteiger partial charge is 0.374 e. The number of thiophene rings is 1. The highest BCUT2D eigenvalue weighted by Gasteiger charge is 2.13. The van der Waals surface area contributed by atoms with Crippen LogP contribution in [-0.2, 0) is 0 Å². The lowest BCUT2D eigenvalue weighted by Gasteiger charge is -1.82. The fraction of sp³-hybridized carbons (Fsp3) is 0. The van der Waals surface area contributed by atoms with Gasteiger partial charge in [0.15, 0.2) is 0 Å². The van der Waals surface area contributed by atoms with Crippen LogP contribution in [0.15, 0.2) is 22.0 Å². The average Bonchev–Trinajstić information content (AvgIpc) is 2.70. The van der Waals surface area contributed by atoms with E-state index in [1.54, 1.807) is 11.4 Å². The molecule has 6 heteroatoms. The number of carboxylic acid groups (broad SMARTS) is 1. The van der Waals surface area contributed by atoms with Crippen LogP contribution in [0, 0.1) is 0 Å². The van der Waals surface area contributed by atoms with E-state index in [9.17, 15) is 4.79 Å². The molecular formula is C8H4ClNO3S. The van der Waals surface area contributed by atoms with Crippen LogP contribution < -0.4 is 0 Å². The zero-order valence-corrected chi connectivity index (χ0v) is 8.30. The van der Waals surface area contributed by atoms with Crippen molar-refractivity contribution in [3.8, 4) is 10.6 Å². The van der Waals surface area contributed by atoms with Gasteiger partial charge in [0.2, 0.25) is 5.76 Å². The van der Waals surface area contributed by atoms with Gasteiger partial charge in [-0.3, -0.25) is 0 Å². The van der Waals surface area contributed by atoms with Crippen LogP contribution in [0.4, 0.5) is 0 Å². The maximum atomic E-state index is 10.5. The van der Waals surface area contributed by atoms with Gasteiger partial charge in [-0.2, -0.15) is 0 Å². The molecule has 0 unspecified atom stereocenters. The molecule has 0 radical (unpaired) electrons. The van der Waals surface area contributed by atoms with Crippen molar-refractivity contribution < 1.29 is 14.4 Å². The summed E-state index contributed by atoms with van der Waals surface area (Å²) in [4.78, 5) is 11.3. The van der Waals surface area contributed by atoms with Crippen LogP contribution in [0.1, 0.15) is 10.6 Å². The lowest BCUT2D eigenvalue weighted by Crippen LogP contribution is -1.91. The number of aromatic carboxylic acids is 1. The molecule has 1 N–H and O–H groups in total. The highest BCUT2D eigenvalue weighted by molar-refractivity contribution is 7.14. The molecule has 0 atom stereocenters. The Morgan fingerprint density at radius 1 is 1.57 bits per heavy atom. The number of carboxylic acids is 1. The first-order valence-corrected chi connectivity index (χ1v) is 4.87. The summed E-state index contributed by atoms with van der Waals surface area (Å²) in [5.74, 6) is -1.31. The van der Waals surface area contributed by atoms with Crippen molar-refractivity contribution in [3.05, 3.63) is 28.3 Å². The Hall–Kier alpha value is -1.33. The Labute approximate surface area is 87.7 Å². The third kappa shape index (κ3) is 1.64. The third-order valence-electron chi connectivity index (χ3n) is 1.54. The van der Waals surface area contributed by atoms with Crippen molar-refractivity contribution in [1.29, 1.82) is 0 Å². The standard InChI is InChI=1S/C8H4ClNO3S/c9-4-1-7(14-3-4)5-2-6(8(11)12)13-10-5/h1-3H,(H,11,12). The quantitative estimate of drug-likeness (QED) is 0.860. The molecule has 0 spiro atoms. The molecule has 2 aromatic heterocycles. The van der Waals surface area contributed by atoms with Crippen molar-refractivity contribution in [2.24, 2.45) is 0 Å². The number of nitrogens with zero attached hydrogens (tertiary/aromatic N) is 1. The van der Waals surface area contributed by atoms with Crippen molar-refractivity contribution >= 4 is 28.9 Å². The second-order valence-corrected chi connectivity index (χ2v) is 3.86. The van der Waals surface area contributed by atoms with Gasteiger partial charge in [-0.1, -0.05) is 16.8 Å². The number of halogens is 1. The minimum atomic E-state index is -1.13. The number of hydrogen-bond acceptors (Lipinski definition) is 4. The molecule has 0 saturated carbocycles. The van der Waals surface area contributed by atoms with E-state index in [4.69, 9.17) is 16.7 Å². The SMILES string of the molecule is O=C(O)c1cc(-c2cc(Cl)cs2)no1. The maximum absolute atomic E-state index is 10.5. The third-order valence-corrected chi connectivity index (χ3v) is 2.84. The summed E-state index contributed by atoms with van der Waals surface area (Å²) in [6, 6.07) is 3.07. The topological polar surface area (TPSA) is 63.3 Å². The molecule has 0 aromatic carbocycles. The second kappa shape index (κ2) is 3.43. The second-order valence-electron chi connectivity index (χ2n) is 2.51. The van der Waals surface area contributed by atoms with Gasteiger partial charge in [0.05, 0.1) is 9.90 Å². The number of hydrogen-bond donors (Lipinski definition) is 1. The van der Waals surface area contributed by atoms with Crippen molar-refractivity contribution in [3.63, 3.8) is 0 Å². The van der Waals surface area contributed by atoms with Crippen LogP contribution in [-0.4, -0.2) is 16.2 Å². The van der Waals surface area contributed by atoms with Crippen LogP contribution in [0.5, 0.6) is 0 Å². The van der Waals surface area contributed by atoms with Crippen LogP contribution >= 0.6 is 22.9 Å². The van der Waals surface area contributed by atoms with Crippen molar-refractivity contribution in [1.82, 2.24) is 5.16 Å². The molecule has 72 valence electrons. The molecule has 0 bridgehead atoms. The molecule has 0 aliphatic heterocycles. The van der Waals surface area contributed by atoms with Crippen molar-refractivity contribution in [2.75, 3.05) is 0 Å². The van der Waals surface area contributed by atoms with E-state index in [0.29, 0.717) is 10.7 Å². The van der Waals surface area contributed by atoms with E-state index in [1.165, 1.54) is 17.4 Å². The fourth-order valence-electron chi connectivity index (χ4n) is 0.939. The Morgan fingerprint density at radius 2 is 2.36 bits per heavy atom. The van der Waals surface area contributed by atoms with E-state index < -0.39 is 5.97 Å². The number of rotatable bonds is 2. The Balaban J connectivity index is 2.38. The van der Waals surface area contributed by atoms with Crippen LogP contribution in [0.2, 0.25) is 5.02 Å². The normalized spacial score (nSPS) is 10.4. The summed E-state index contributed by atoms with van der Waals surface area (Å²) in [6.07, 6.45) is 0. The largest absolute Gasteiger partial charge is 0.475 e. The lowest BCUT2D eigenvalue weighted by molar-refractivity contribution is 0.0652. The summed E-state index contributed by atoms with van der Waals surface area (Å²) in [7, 11) is 0. The zero-order chi connectivity index (χ0) is 10.1. The highest BCUT2D eigenvalue weighted by Crippen LogP contribution is 2.28. The molecule has 0 aliphatic rings. The summed E-state index contributed by atoms with van der Waals surface area (Å²) >= 11 is 7.10. The molecular weight excluding hydrogens is 226 g/mol. The monoisotopic (exact) mass is 229 g/mol. The molecule has 0 aliphatic carbocycles. The Bertz CT molecular complexity index is 476. The summed E-state index contributed by atoms with van der Waals surface area (Å²) < 4.78 is 4.60. The molecule has 2 rings (SSSR count). The van der Waals surface area contributed by atoms with E-state index in [0.717, 1.165) is 4.88 Å². The van der Waals surface area contributed by atoms with E-state index >= 15 is 0 Å². The first-order chi connectivity index (χ1) is 6.66. The van der Waals surface area contributed by atoms with Gasteiger partial charge >= 0.3 is 5.97 Å². The van der Waals surface area contributed by atoms with Gasteiger partial charge in [0, 0.05) is 11.4 Å². The van der Waals surface area contributed by atoms with Gasteiger partial charge in [-0.15, -0.1) is 11.3 Å². The first-order valence-electron chi connectivity index (χ1n) is 3.61. The van der Waals surface area contributed by atoms with Gasteiger partial charge in [0.25, 0.3) is 0 Å². The first kappa shape index (κ1) is 9.23. The number of aromatic nitrogens is 1. The minimum Gasteiger partial charge on any atom is -0.475 e. The predicted octanol–water partition coefficient (Wildman–Crippen LogP) is 2.75. The molecule has 0 amide bonds.